The highest BCUT2D eigenvalue weighted by molar-refractivity contribution is 5.78. The van der Waals surface area contributed by atoms with E-state index in [1.54, 1.807) is 6.08 Å². The molecule has 1 aliphatic carbocycles. The molecule has 1 nitrogen and oxygen atoms in total. The average Bonchev–Trinajstić information content (AvgIpc) is 2.34. The van der Waals surface area contributed by atoms with Gasteiger partial charge in [-0.15, -0.1) is 6.42 Å². The first-order valence-electron chi connectivity index (χ1n) is 5.76. The van der Waals surface area contributed by atoms with Gasteiger partial charge in [-0.1, -0.05) is 25.3 Å². The van der Waals surface area contributed by atoms with Crippen LogP contribution in [-0.4, -0.2) is 12.3 Å². The molecule has 0 atom stereocenters. The van der Waals surface area contributed by atoms with Crippen molar-refractivity contribution in [1.29, 1.82) is 0 Å². The molecule has 0 unspecified atom stereocenters. The van der Waals surface area contributed by atoms with Crippen molar-refractivity contribution in [3.8, 4) is 12.3 Å². The summed E-state index contributed by atoms with van der Waals surface area (Å²) in [6.07, 6.45) is 15.9. The molecular weight excluding hydrogens is 201 g/mol. The Morgan fingerprint density at radius 1 is 1.31 bits per heavy atom. The van der Waals surface area contributed by atoms with Crippen molar-refractivity contribution < 1.29 is 4.39 Å². The fraction of sp³-hybridized carbons (Fsp3) is 0.500. The van der Waals surface area contributed by atoms with Crippen molar-refractivity contribution >= 4 is 6.21 Å². The van der Waals surface area contributed by atoms with Gasteiger partial charge >= 0.3 is 0 Å². The monoisotopic (exact) mass is 219 g/mol. The molecule has 0 heterocycles. The lowest BCUT2D eigenvalue weighted by molar-refractivity contribution is 0.444. The Morgan fingerprint density at radius 2 is 2.00 bits per heavy atom. The molecular formula is C14H18FN. The topological polar surface area (TPSA) is 12.4 Å². The molecule has 0 radical (unpaired) electrons. The minimum atomic E-state index is -0.551. The van der Waals surface area contributed by atoms with E-state index in [1.165, 1.54) is 38.2 Å². The van der Waals surface area contributed by atoms with Gasteiger partial charge in [0.25, 0.3) is 0 Å². The third-order valence-electron chi connectivity index (χ3n) is 2.69. The van der Waals surface area contributed by atoms with Gasteiger partial charge in [-0.05, 0) is 37.3 Å². The molecule has 1 aliphatic rings. The van der Waals surface area contributed by atoms with Crippen LogP contribution in [0, 0.1) is 12.3 Å². The second kappa shape index (κ2) is 7.00. The molecule has 0 aliphatic heterocycles. The highest BCUT2D eigenvalue weighted by Gasteiger charge is 2.10. The van der Waals surface area contributed by atoms with Crippen LogP contribution in [0.1, 0.15) is 39.0 Å². The van der Waals surface area contributed by atoms with Crippen LogP contribution >= 0.6 is 0 Å². The summed E-state index contributed by atoms with van der Waals surface area (Å²) in [7, 11) is 0. The van der Waals surface area contributed by atoms with E-state index in [1.807, 2.05) is 19.1 Å². The Morgan fingerprint density at radius 3 is 2.62 bits per heavy atom. The van der Waals surface area contributed by atoms with Crippen molar-refractivity contribution in [1.82, 2.24) is 0 Å². The Hall–Kier alpha value is -1.36. The van der Waals surface area contributed by atoms with Gasteiger partial charge in [0, 0.05) is 12.3 Å². The minimum Gasteiger partial charge on any atom is -0.290 e. The highest BCUT2D eigenvalue weighted by atomic mass is 19.1. The fourth-order valence-corrected chi connectivity index (χ4v) is 1.75. The summed E-state index contributed by atoms with van der Waals surface area (Å²) in [4.78, 5) is 4.49. The fourth-order valence-electron chi connectivity index (χ4n) is 1.75. The lowest BCUT2D eigenvalue weighted by Crippen LogP contribution is -2.09. The Balaban J connectivity index is 2.46. The number of nitrogens with zero attached hydrogens (tertiary/aromatic N) is 1. The van der Waals surface area contributed by atoms with Crippen LogP contribution in [0.4, 0.5) is 4.39 Å². The smallest absolute Gasteiger partial charge is 0.172 e. The predicted octanol–water partition coefficient (Wildman–Crippen LogP) is 3.82. The maximum absolute atomic E-state index is 12.6. The van der Waals surface area contributed by atoms with E-state index in [-0.39, 0.29) is 0 Å². The van der Waals surface area contributed by atoms with E-state index in [2.05, 4.69) is 4.99 Å². The molecule has 1 rings (SSSR count). The maximum atomic E-state index is 12.6. The molecule has 0 bridgehead atoms. The molecule has 1 fully saturated rings. The molecule has 86 valence electrons. The number of halogens is 1. The third-order valence-corrected chi connectivity index (χ3v) is 2.69. The largest absolute Gasteiger partial charge is 0.290 e. The van der Waals surface area contributed by atoms with Gasteiger partial charge in [0.1, 0.15) is 0 Å². The van der Waals surface area contributed by atoms with Crippen LogP contribution in [0.3, 0.4) is 0 Å². The van der Waals surface area contributed by atoms with Gasteiger partial charge in [0.15, 0.2) is 5.83 Å². The molecule has 0 aromatic rings. The Kier molecular flexibility index (Phi) is 5.56. The van der Waals surface area contributed by atoms with E-state index in [0.29, 0.717) is 6.04 Å². The standard InChI is InChI=1S/C14H18FN/c1-3-13(15)10-9-12(2)11-16-14-7-5-4-6-8-14/h1,9-11,14H,4-8H2,2H3/b12-9+,13-10+,16-11+. The predicted molar refractivity (Wildman–Crippen MR) is 67.1 cm³/mol. The van der Waals surface area contributed by atoms with Crippen molar-refractivity contribution in [2.24, 2.45) is 4.99 Å². The van der Waals surface area contributed by atoms with Gasteiger partial charge in [-0.2, -0.15) is 4.39 Å². The summed E-state index contributed by atoms with van der Waals surface area (Å²) in [5.41, 5.74) is 0.927. The Labute approximate surface area is 97.2 Å². The lowest BCUT2D eigenvalue weighted by Gasteiger charge is -2.17. The third kappa shape index (κ3) is 4.93. The second-order valence-corrected chi connectivity index (χ2v) is 4.14. The molecule has 16 heavy (non-hydrogen) atoms. The molecule has 1 saturated carbocycles. The summed E-state index contributed by atoms with van der Waals surface area (Å²) < 4.78 is 12.6. The minimum absolute atomic E-state index is 0.457. The van der Waals surface area contributed by atoms with Gasteiger partial charge in [0.05, 0.1) is 0 Å². The first-order valence-corrected chi connectivity index (χ1v) is 5.76. The van der Waals surface area contributed by atoms with Crippen LogP contribution in [0.25, 0.3) is 0 Å². The summed E-state index contributed by atoms with van der Waals surface area (Å²) >= 11 is 0. The summed E-state index contributed by atoms with van der Waals surface area (Å²) in [6, 6.07) is 0.457. The average molecular weight is 219 g/mol. The van der Waals surface area contributed by atoms with Gasteiger partial charge in [-0.25, -0.2) is 0 Å². The van der Waals surface area contributed by atoms with E-state index >= 15 is 0 Å². The number of terminal acetylenes is 1. The van der Waals surface area contributed by atoms with Crippen molar-refractivity contribution in [3.63, 3.8) is 0 Å². The zero-order chi connectivity index (χ0) is 11.8. The molecule has 2 heteroatoms. The highest BCUT2D eigenvalue weighted by Crippen LogP contribution is 2.20. The zero-order valence-electron chi connectivity index (χ0n) is 9.75. The first kappa shape index (κ1) is 12.7. The zero-order valence-corrected chi connectivity index (χ0v) is 9.75. The number of allylic oxidation sites excluding steroid dienone is 4. The molecule has 0 N–H and O–H groups in total. The van der Waals surface area contributed by atoms with Gasteiger partial charge in [0.2, 0.25) is 0 Å². The van der Waals surface area contributed by atoms with Crippen molar-refractivity contribution in [2.75, 3.05) is 0 Å². The van der Waals surface area contributed by atoms with Crippen molar-refractivity contribution in [2.45, 2.75) is 45.1 Å². The number of hydrogen-bond donors (Lipinski definition) is 0. The molecule has 0 aromatic carbocycles. The van der Waals surface area contributed by atoms with Crippen LogP contribution in [0.5, 0.6) is 0 Å². The summed E-state index contributed by atoms with van der Waals surface area (Å²) in [5.74, 6) is 1.38. The quantitative estimate of drug-likeness (QED) is 0.388. The van der Waals surface area contributed by atoms with E-state index in [0.717, 1.165) is 5.57 Å². The lowest BCUT2D eigenvalue weighted by atomic mass is 9.96. The number of aliphatic imine (C=N–C) groups is 1. The molecule has 0 amide bonds. The number of hydrogen-bond acceptors (Lipinski definition) is 1. The second-order valence-electron chi connectivity index (χ2n) is 4.14. The SMILES string of the molecule is C#C\C(F)=C/C=C(C)/C=N/C1CCCCC1. The first-order chi connectivity index (χ1) is 7.72. The van der Waals surface area contributed by atoms with E-state index in [9.17, 15) is 4.39 Å². The van der Waals surface area contributed by atoms with Crippen LogP contribution in [0.15, 0.2) is 28.5 Å². The van der Waals surface area contributed by atoms with Gasteiger partial charge in [-0.3, -0.25) is 4.99 Å². The van der Waals surface area contributed by atoms with Crippen LogP contribution in [0.2, 0.25) is 0 Å². The normalized spacial score (nSPS) is 20.1. The van der Waals surface area contributed by atoms with Crippen molar-refractivity contribution in [3.05, 3.63) is 23.6 Å². The van der Waals surface area contributed by atoms with E-state index in [4.69, 9.17) is 6.42 Å². The van der Waals surface area contributed by atoms with Crippen LogP contribution < -0.4 is 0 Å². The van der Waals surface area contributed by atoms with Crippen LogP contribution in [-0.2, 0) is 0 Å². The van der Waals surface area contributed by atoms with Gasteiger partial charge < -0.3 is 0 Å². The van der Waals surface area contributed by atoms with E-state index < -0.39 is 5.83 Å². The molecule has 0 spiro atoms. The number of rotatable bonds is 3. The molecule has 0 saturated heterocycles. The maximum Gasteiger partial charge on any atom is 0.172 e. The summed E-state index contributed by atoms with van der Waals surface area (Å²) in [5, 5.41) is 0. The summed E-state index contributed by atoms with van der Waals surface area (Å²) in [6.45, 7) is 1.90. The Bertz CT molecular complexity index is 338. The molecule has 0 aromatic heterocycles.